The average Bonchev–Trinajstić information content (AvgIpc) is 2.54. The van der Waals surface area contributed by atoms with Crippen molar-refractivity contribution in [3.8, 4) is 11.5 Å². The SMILES string of the molecule is CCOc1cc(CNC23CC4CC(CC(C4)C2)C3)ccc1OC(C)C. The fraction of sp³-hybridized carbons (Fsp3) is 0.727. The van der Waals surface area contributed by atoms with Gasteiger partial charge in [0.2, 0.25) is 0 Å². The van der Waals surface area contributed by atoms with Crippen molar-refractivity contribution in [2.24, 2.45) is 17.8 Å². The van der Waals surface area contributed by atoms with Crippen LogP contribution in [0.3, 0.4) is 0 Å². The average molecular weight is 344 g/mol. The first-order chi connectivity index (χ1) is 12.0. The summed E-state index contributed by atoms with van der Waals surface area (Å²) in [5.74, 6) is 4.69. The standard InChI is InChI=1S/C22H33NO2/c1-4-24-21-10-16(5-6-20(21)25-15(2)3)14-23-22-11-17-7-18(12-22)9-19(8-17)13-22/h5-6,10,15,17-19,23H,4,7-9,11-14H2,1-3H3. The van der Waals surface area contributed by atoms with Crippen molar-refractivity contribution in [2.45, 2.75) is 77.5 Å². The van der Waals surface area contributed by atoms with Gasteiger partial charge in [0.25, 0.3) is 0 Å². The molecular weight excluding hydrogens is 310 g/mol. The van der Waals surface area contributed by atoms with Crippen LogP contribution >= 0.6 is 0 Å². The zero-order valence-corrected chi connectivity index (χ0v) is 16.0. The third-order valence-electron chi connectivity index (χ3n) is 6.38. The number of hydrogen-bond donors (Lipinski definition) is 1. The van der Waals surface area contributed by atoms with Gasteiger partial charge in [-0.3, -0.25) is 0 Å². The Bertz CT molecular complexity index is 575. The highest BCUT2D eigenvalue weighted by molar-refractivity contribution is 5.43. The highest BCUT2D eigenvalue weighted by Crippen LogP contribution is 2.55. The Labute approximate surface area is 152 Å². The number of benzene rings is 1. The van der Waals surface area contributed by atoms with Crippen molar-refractivity contribution >= 4 is 0 Å². The summed E-state index contributed by atoms with van der Waals surface area (Å²) in [7, 11) is 0. The van der Waals surface area contributed by atoms with E-state index in [1.54, 1.807) is 0 Å². The molecule has 3 heteroatoms. The molecule has 0 aromatic heterocycles. The highest BCUT2D eigenvalue weighted by atomic mass is 16.5. The first kappa shape index (κ1) is 17.2. The molecular formula is C22H33NO2. The minimum absolute atomic E-state index is 0.162. The Hall–Kier alpha value is -1.22. The predicted molar refractivity (Wildman–Crippen MR) is 101 cm³/mol. The molecule has 4 aliphatic carbocycles. The van der Waals surface area contributed by atoms with E-state index in [4.69, 9.17) is 9.47 Å². The molecule has 4 saturated carbocycles. The Morgan fingerprint density at radius 2 is 1.68 bits per heavy atom. The second kappa shape index (κ2) is 6.83. The molecule has 0 aliphatic heterocycles. The zero-order valence-electron chi connectivity index (χ0n) is 16.0. The van der Waals surface area contributed by atoms with Gasteiger partial charge < -0.3 is 14.8 Å². The summed E-state index contributed by atoms with van der Waals surface area (Å²) in [5.41, 5.74) is 1.71. The monoisotopic (exact) mass is 343 g/mol. The maximum atomic E-state index is 5.89. The van der Waals surface area contributed by atoms with Crippen LogP contribution in [0.2, 0.25) is 0 Å². The van der Waals surface area contributed by atoms with Gasteiger partial charge in [-0.1, -0.05) is 6.07 Å². The highest BCUT2D eigenvalue weighted by Gasteiger charge is 2.50. The van der Waals surface area contributed by atoms with Crippen LogP contribution in [0, 0.1) is 17.8 Å². The second-order valence-electron chi connectivity index (χ2n) is 8.93. The van der Waals surface area contributed by atoms with E-state index in [9.17, 15) is 0 Å². The van der Waals surface area contributed by atoms with Crippen LogP contribution in [0.25, 0.3) is 0 Å². The van der Waals surface area contributed by atoms with E-state index in [0.717, 1.165) is 35.8 Å². The number of nitrogens with one attached hydrogen (secondary N) is 1. The topological polar surface area (TPSA) is 30.5 Å². The minimum atomic E-state index is 0.162. The molecule has 4 aliphatic rings. The molecule has 0 radical (unpaired) electrons. The number of hydrogen-bond acceptors (Lipinski definition) is 3. The molecule has 4 bridgehead atoms. The Morgan fingerprint density at radius 1 is 1.04 bits per heavy atom. The van der Waals surface area contributed by atoms with Gasteiger partial charge in [-0.2, -0.15) is 0 Å². The second-order valence-corrected chi connectivity index (χ2v) is 8.93. The first-order valence-electron chi connectivity index (χ1n) is 10.2. The molecule has 1 aromatic rings. The van der Waals surface area contributed by atoms with E-state index >= 15 is 0 Å². The molecule has 3 nitrogen and oxygen atoms in total. The largest absolute Gasteiger partial charge is 0.490 e. The van der Waals surface area contributed by atoms with Crippen LogP contribution < -0.4 is 14.8 Å². The van der Waals surface area contributed by atoms with Crippen LogP contribution in [0.5, 0.6) is 11.5 Å². The Balaban J connectivity index is 1.45. The summed E-state index contributed by atoms with van der Waals surface area (Å²) < 4.78 is 11.7. The number of rotatable bonds is 7. The molecule has 0 heterocycles. The van der Waals surface area contributed by atoms with E-state index < -0.39 is 0 Å². The lowest BCUT2D eigenvalue weighted by Gasteiger charge is -2.57. The molecule has 1 aromatic carbocycles. The van der Waals surface area contributed by atoms with E-state index in [1.165, 1.54) is 44.1 Å². The van der Waals surface area contributed by atoms with E-state index in [1.807, 2.05) is 6.92 Å². The molecule has 138 valence electrons. The van der Waals surface area contributed by atoms with Crippen molar-refractivity contribution < 1.29 is 9.47 Å². The van der Waals surface area contributed by atoms with Gasteiger partial charge in [-0.05, 0) is 94.7 Å². The summed E-state index contributed by atoms with van der Waals surface area (Å²) in [4.78, 5) is 0. The fourth-order valence-electron chi connectivity index (χ4n) is 5.90. The molecule has 4 fully saturated rings. The lowest BCUT2D eigenvalue weighted by atomic mass is 9.53. The van der Waals surface area contributed by atoms with E-state index in [-0.39, 0.29) is 6.10 Å². The summed E-state index contributed by atoms with van der Waals surface area (Å²) >= 11 is 0. The molecule has 0 amide bonds. The van der Waals surface area contributed by atoms with Gasteiger partial charge in [-0.25, -0.2) is 0 Å². The smallest absolute Gasteiger partial charge is 0.161 e. The Kier molecular flexibility index (Phi) is 4.70. The summed E-state index contributed by atoms with van der Waals surface area (Å²) in [6.07, 6.45) is 8.84. The summed E-state index contributed by atoms with van der Waals surface area (Å²) in [5, 5.41) is 3.98. The van der Waals surface area contributed by atoms with Gasteiger partial charge in [-0.15, -0.1) is 0 Å². The summed E-state index contributed by atoms with van der Waals surface area (Å²) in [6.45, 7) is 7.74. The molecule has 25 heavy (non-hydrogen) atoms. The van der Waals surface area contributed by atoms with Crippen LogP contribution in [0.4, 0.5) is 0 Å². The van der Waals surface area contributed by atoms with E-state index in [0.29, 0.717) is 12.1 Å². The van der Waals surface area contributed by atoms with Gasteiger partial charge in [0, 0.05) is 12.1 Å². The van der Waals surface area contributed by atoms with Gasteiger partial charge >= 0.3 is 0 Å². The van der Waals surface area contributed by atoms with Crippen molar-refractivity contribution in [2.75, 3.05) is 6.61 Å². The molecule has 0 saturated heterocycles. The van der Waals surface area contributed by atoms with E-state index in [2.05, 4.69) is 37.4 Å². The summed E-state index contributed by atoms with van der Waals surface area (Å²) in [6, 6.07) is 6.42. The predicted octanol–water partition coefficient (Wildman–Crippen LogP) is 4.93. The van der Waals surface area contributed by atoms with Gasteiger partial charge in [0.1, 0.15) is 0 Å². The normalized spacial score (nSPS) is 33.0. The van der Waals surface area contributed by atoms with Gasteiger partial charge in [0.15, 0.2) is 11.5 Å². The molecule has 0 unspecified atom stereocenters. The lowest BCUT2D eigenvalue weighted by molar-refractivity contribution is -0.0206. The van der Waals surface area contributed by atoms with Crippen LogP contribution in [0.15, 0.2) is 18.2 Å². The van der Waals surface area contributed by atoms with Crippen LogP contribution in [-0.2, 0) is 6.54 Å². The number of ether oxygens (including phenoxy) is 2. The third-order valence-corrected chi connectivity index (χ3v) is 6.38. The van der Waals surface area contributed by atoms with Gasteiger partial charge in [0.05, 0.1) is 12.7 Å². The van der Waals surface area contributed by atoms with Crippen molar-refractivity contribution in [1.82, 2.24) is 5.32 Å². The van der Waals surface area contributed by atoms with Crippen molar-refractivity contribution in [3.63, 3.8) is 0 Å². The molecule has 0 atom stereocenters. The molecule has 1 N–H and O–H groups in total. The quantitative estimate of drug-likeness (QED) is 0.761. The minimum Gasteiger partial charge on any atom is -0.490 e. The Morgan fingerprint density at radius 3 is 2.24 bits per heavy atom. The fourth-order valence-corrected chi connectivity index (χ4v) is 5.90. The van der Waals surface area contributed by atoms with Crippen LogP contribution in [-0.4, -0.2) is 18.2 Å². The maximum absolute atomic E-state index is 5.89. The molecule has 5 rings (SSSR count). The first-order valence-corrected chi connectivity index (χ1v) is 10.2. The molecule has 0 spiro atoms. The van der Waals surface area contributed by atoms with Crippen molar-refractivity contribution in [3.05, 3.63) is 23.8 Å². The third kappa shape index (κ3) is 3.67. The zero-order chi connectivity index (χ0) is 17.4. The van der Waals surface area contributed by atoms with Crippen molar-refractivity contribution in [1.29, 1.82) is 0 Å². The maximum Gasteiger partial charge on any atom is 0.161 e. The van der Waals surface area contributed by atoms with Crippen LogP contribution in [0.1, 0.15) is 64.9 Å². The lowest BCUT2D eigenvalue weighted by Crippen LogP contribution is -2.58.